The highest BCUT2D eigenvalue weighted by atomic mass is 32.2. The number of phenolic OH excluding ortho intramolecular Hbond substituents is 1. The molecular weight excluding hydrogens is 407 g/mol. The fourth-order valence-corrected chi connectivity index (χ4v) is 4.94. The minimum Gasteiger partial charge on any atom is -0.508 e. The summed E-state index contributed by atoms with van der Waals surface area (Å²) in [6.45, 7) is -0.105. The van der Waals surface area contributed by atoms with Gasteiger partial charge in [-0.05, 0) is 48.1 Å². The van der Waals surface area contributed by atoms with Crippen LogP contribution in [0.1, 0.15) is 35.4 Å². The molecule has 1 aliphatic rings. The van der Waals surface area contributed by atoms with E-state index in [0.29, 0.717) is 12.0 Å². The number of hydrogen-bond donors (Lipinski definition) is 3. The molecule has 0 saturated heterocycles. The van der Waals surface area contributed by atoms with Crippen LogP contribution in [0.3, 0.4) is 0 Å². The molecule has 2 aromatic carbocycles. The first-order valence-corrected chi connectivity index (χ1v) is 10.8. The third-order valence-corrected chi connectivity index (χ3v) is 6.46. The minimum absolute atomic E-state index is 0.0369. The lowest BCUT2D eigenvalue weighted by molar-refractivity contribution is -0.134. The summed E-state index contributed by atoms with van der Waals surface area (Å²) < 4.78 is 63.3. The van der Waals surface area contributed by atoms with Gasteiger partial charge in [0.1, 0.15) is 5.75 Å². The molecule has 0 radical (unpaired) electrons. The Bertz CT molecular complexity index is 976. The van der Waals surface area contributed by atoms with Gasteiger partial charge in [-0.25, -0.2) is 8.42 Å². The Morgan fingerprint density at radius 2 is 1.83 bits per heavy atom. The van der Waals surface area contributed by atoms with E-state index in [1.54, 1.807) is 0 Å². The molecule has 0 bridgehead atoms. The predicted octanol–water partition coefficient (Wildman–Crippen LogP) is 3.77. The Labute approximate surface area is 167 Å². The number of nitrogens with one attached hydrogen (secondary N) is 1. The number of hydrogen-bond acceptors (Lipinski definition) is 4. The van der Waals surface area contributed by atoms with Crippen LogP contribution in [0.2, 0.25) is 0 Å². The molecular formula is C20H22F3NO4S. The minimum atomic E-state index is -4.41. The molecule has 158 valence electrons. The zero-order valence-electron chi connectivity index (χ0n) is 15.5. The maximum absolute atomic E-state index is 12.3. The van der Waals surface area contributed by atoms with Crippen molar-refractivity contribution in [3.63, 3.8) is 0 Å². The van der Waals surface area contributed by atoms with Crippen molar-refractivity contribution in [1.29, 1.82) is 0 Å². The van der Waals surface area contributed by atoms with Gasteiger partial charge in [-0.1, -0.05) is 24.3 Å². The molecule has 9 heteroatoms. The van der Waals surface area contributed by atoms with E-state index in [4.69, 9.17) is 0 Å². The quantitative estimate of drug-likeness (QED) is 0.585. The number of aliphatic hydroxyl groups excluding tert-OH is 1. The van der Waals surface area contributed by atoms with E-state index in [1.165, 1.54) is 18.2 Å². The van der Waals surface area contributed by atoms with Crippen molar-refractivity contribution in [1.82, 2.24) is 0 Å². The first kappa shape index (κ1) is 21.4. The SMILES string of the molecule is O=S(=O)(CCCC(F)(F)F)Nc1ccc(O)c(C2c3ccccc3CC2CO)c1. The van der Waals surface area contributed by atoms with E-state index in [-0.39, 0.29) is 29.9 Å². The average Bonchev–Trinajstić information content (AvgIpc) is 3.00. The number of sulfonamides is 1. The number of aliphatic hydroxyl groups is 1. The van der Waals surface area contributed by atoms with Gasteiger partial charge in [-0.15, -0.1) is 0 Å². The lowest BCUT2D eigenvalue weighted by Gasteiger charge is -2.21. The molecule has 0 spiro atoms. The van der Waals surface area contributed by atoms with Crippen molar-refractivity contribution in [2.45, 2.75) is 31.4 Å². The number of aromatic hydroxyl groups is 1. The molecule has 0 amide bonds. The molecule has 29 heavy (non-hydrogen) atoms. The number of halogens is 3. The molecule has 0 aliphatic heterocycles. The molecule has 3 N–H and O–H groups in total. The van der Waals surface area contributed by atoms with E-state index < -0.39 is 34.8 Å². The topological polar surface area (TPSA) is 86.6 Å². The van der Waals surface area contributed by atoms with E-state index in [2.05, 4.69) is 4.72 Å². The van der Waals surface area contributed by atoms with Crippen LogP contribution >= 0.6 is 0 Å². The van der Waals surface area contributed by atoms with Gasteiger partial charge in [0.25, 0.3) is 0 Å². The molecule has 0 heterocycles. The second-order valence-electron chi connectivity index (χ2n) is 7.24. The van der Waals surface area contributed by atoms with Gasteiger partial charge in [-0.2, -0.15) is 13.2 Å². The van der Waals surface area contributed by atoms with Gasteiger partial charge in [-0.3, -0.25) is 4.72 Å². The summed E-state index contributed by atoms with van der Waals surface area (Å²) in [6, 6.07) is 11.8. The Morgan fingerprint density at radius 1 is 1.10 bits per heavy atom. The molecule has 2 aromatic rings. The zero-order valence-corrected chi connectivity index (χ0v) is 16.3. The van der Waals surface area contributed by atoms with Gasteiger partial charge in [0.05, 0.1) is 5.75 Å². The number of fused-ring (bicyclic) bond motifs is 1. The summed E-state index contributed by atoms with van der Waals surface area (Å²) in [4.78, 5) is 0. The van der Waals surface area contributed by atoms with Gasteiger partial charge in [0.15, 0.2) is 0 Å². The number of phenols is 1. The first-order valence-electron chi connectivity index (χ1n) is 9.18. The van der Waals surface area contributed by atoms with Gasteiger partial charge < -0.3 is 10.2 Å². The van der Waals surface area contributed by atoms with Crippen molar-refractivity contribution in [2.24, 2.45) is 5.92 Å². The number of anilines is 1. The smallest absolute Gasteiger partial charge is 0.389 e. The van der Waals surface area contributed by atoms with Crippen LogP contribution in [0.5, 0.6) is 5.75 Å². The molecule has 2 unspecified atom stereocenters. The van der Waals surface area contributed by atoms with Gasteiger partial charge >= 0.3 is 6.18 Å². The highest BCUT2D eigenvalue weighted by Gasteiger charge is 2.34. The summed E-state index contributed by atoms with van der Waals surface area (Å²) >= 11 is 0. The lowest BCUT2D eigenvalue weighted by atomic mass is 9.85. The van der Waals surface area contributed by atoms with Crippen LogP contribution in [0.25, 0.3) is 0 Å². The molecule has 2 atom stereocenters. The molecule has 1 aliphatic carbocycles. The second-order valence-corrected chi connectivity index (χ2v) is 9.08. The Kier molecular flexibility index (Phi) is 6.09. The molecule has 5 nitrogen and oxygen atoms in total. The van der Waals surface area contributed by atoms with Crippen molar-refractivity contribution < 1.29 is 31.8 Å². The summed E-state index contributed by atoms with van der Waals surface area (Å²) in [5.41, 5.74) is 2.62. The Hall–Kier alpha value is -2.26. The molecule has 3 rings (SSSR count). The van der Waals surface area contributed by atoms with Crippen LogP contribution in [0.15, 0.2) is 42.5 Å². The fraction of sp³-hybridized carbons (Fsp3) is 0.400. The standard InChI is InChI=1S/C20H22F3NO4S/c21-20(22,23)8-3-9-29(27,28)24-15-6-7-18(26)17(11-15)19-14(12-25)10-13-4-1-2-5-16(13)19/h1-2,4-7,11,14,19,24-26H,3,8-10,12H2. The Morgan fingerprint density at radius 3 is 2.52 bits per heavy atom. The van der Waals surface area contributed by atoms with E-state index >= 15 is 0 Å². The lowest BCUT2D eigenvalue weighted by Crippen LogP contribution is -2.19. The van der Waals surface area contributed by atoms with Crippen molar-refractivity contribution in [3.05, 3.63) is 59.2 Å². The van der Waals surface area contributed by atoms with Crippen molar-refractivity contribution >= 4 is 15.7 Å². The molecule has 0 saturated carbocycles. The van der Waals surface area contributed by atoms with Gasteiger partial charge in [0, 0.05) is 30.2 Å². The largest absolute Gasteiger partial charge is 0.508 e. The fourth-order valence-electron chi connectivity index (χ4n) is 3.83. The molecule has 0 fully saturated rings. The Balaban J connectivity index is 1.83. The van der Waals surface area contributed by atoms with Crippen molar-refractivity contribution in [3.8, 4) is 5.75 Å². The van der Waals surface area contributed by atoms with E-state index in [1.807, 2.05) is 24.3 Å². The predicted molar refractivity (Wildman–Crippen MR) is 103 cm³/mol. The van der Waals surface area contributed by atoms with Crippen LogP contribution < -0.4 is 4.72 Å². The van der Waals surface area contributed by atoms with Crippen molar-refractivity contribution in [2.75, 3.05) is 17.1 Å². The van der Waals surface area contributed by atoms with E-state index in [0.717, 1.165) is 11.1 Å². The van der Waals surface area contributed by atoms with Crippen LogP contribution in [-0.4, -0.2) is 37.2 Å². The third kappa shape index (κ3) is 5.22. The first-order chi connectivity index (χ1) is 13.6. The maximum atomic E-state index is 12.3. The highest BCUT2D eigenvalue weighted by molar-refractivity contribution is 7.92. The number of alkyl halides is 3. The number of benzene rings is 2. The average molecular weight is 429 g/mol. The third-order valence-electron chi connectivity index (χ3n) is 5.09. The normalized spacial score (nSPS) is 19.2. The van der Waals surface area contributed by atoms with E-state index in [9.17, 15) is 31.8 Å². The zero-order chi connectivity index (χ0) is 21.2. The van der Waals surface area contributed by atoms with Crippen LogP contribution in [0.4, 0.5) is 18.9 Å². The molecule has 0 aromatic heterocycles. The maximum Gasteiger partial charge on any atom is 0.389 e. The van der Waals surface area contributed by atoms with Crippen LogP contribution in [-0.2, 0) is 16.4 Å². The van der Waals surface area contributed by atoms with Gasteiger partial charge in [0.2, 0.25) is 10.0 Å². The summed E-state index contributed by atoms with van der Waals surface area (Å²) in [6.07, 6.45) is -5.49. The monoisotopic (exact) mass is 429 g/mol. The van der Waals surface area contributed by atoms with Crippen LogP contribution in [0, 0.1) is 5.92 Å². The summed E-state index contributed by atoms with van der Waals surface area (Å²) in [5.74, 6) is -1.18. The summed E-state index contributed by atoms with van der Waals surface area (Å²) in [7, 11) is -3.97. The highest BCUT2D eigenvalue weighted by Crippen LogP contribution is 2.45. The second kappa shape index (κ2) is 8.23. The summed E-state index contributed by atoms with van der Waals surface area (Å²) in [5, 5.41) is 20.2. The number of rotatable bonds is 7.